The van der Waals surface area contributed by atoms with Gasteiger partial charge in [0.15, 0.2) is 0 Å². The van der Waals surface area contributed by atoms with Crippen LogP contribution in [0.3, 0.4) is 0 Å². The van der Waals surface area contributed by atoms with Crippen molar-refractivity contribution in [1.29, 1.82) is 0 Å². The molecule has 2 N–H and O–H groups in total. The van der Waals surface area contributed by atoms with Crippen LogP contribution in [0.4, 0.5) is 0 Å². The molecule has 1 rings (SSSR count). The van der Waals surface area contributed by atoms with Gasteiger partial charge in [-0.05, 0) is 49.4 Å². The maximum atomic E-state index is 6.21. The molecule has 1 fully saturated rings. The lowest BCUT2D eigenvalue weighted by atomic mass is 9.68. The third kappa shape index (κ3) is 3.79. The van der Waals surface area contributed by atoms with Gasteiger partial charge >= 0.3 is 0 Å². The van der Waals surface area contributed by atoms with Crippen molar-refractivity contribution in [3.63, 3.8) is 0 Å². The van der Waals surface area contributed by atoms with E-state index in [0.29, 0.717) is 11.5 Å². The van der Waals surface area contributed by atoms with Crippen LogP contribution >= 0.6 is 0 Å². The normalized spacial score (nSPS) is 30.2. The summed E-state index contributed by atoms with van der Waals surface area (Å²) in [5.41, 5.74) is 6.71. The van der Waals surface area contributed by atoms with E-state index in [4.69, 9.17) is 5.73 Å². The van der Waals surface area contributed by atoms with Crippen molar-refractivity contribution in [3.05, 3.63) is 0 Å². The van der Waals surface area contributed by atoms with Gasteiger partial charge in [0.05, 0.1) is 0 Å². The zero-order valence-electron chi connectivity index (χ0n) is 11.1. The van der Waals surface area contributed by atoms with Gasteiger partial charge in [0.2, 0.25) is 0 Å². The van der Waals surface area contributed by atoms with E-state index in [1.165, 1.54) is 38.5 Å². The number of hydrogen-bond donors (Lipinski definition) is 1. The minimum atomic E-state index is 0.468. The molecule has 0 aliphatic heterocycles. The summed E-state index contributed by atoms with van der Waals surface area (Å²) in [6.07, 6.45) is 7.97. The highest BCUT2D eigenvalue weighted by atomic mass is 14.6. The molecule has 1 nitrogen and oxygen atoms in total. The summed E-state index contributed by atoms with van der Waals surface area (Å²) in [4.78, 5) is 0. The lowest BCUT2D eigenvalue weighted by Crippen LogP contribution is -2.35. The number of rotatable bonds is 3. The van der Waals surface area contributed by atoms with Gasteiger partial charge < -0.3 is 5.73 Å². The summed E-state index contributed by atoms with van der Waals surface area (Å²) in [5, 5.41) is 0. The summed E-state index contributed by atoms with van der Waals surface area (Å²) in [6.45, 7) is 9.37. The zero-order chi connectivity index (χ0) is 11.5. The van der Waals surface area contributed by atoms with Crippen LogP contribution in [0.1, 0.15) is 66.2 Å². The van der Waals surface area contributed by atoms with Crippen LogP contribution in [0, 0.1) is 17.3 Å². The van der Waals surface area contributed by atoms with Gasteiger partial charge in [-0.1, -0.05) is 34.1 Å². The van der Waals surface area contributed by atoms with Crippen molar-refractivity contribution in [2.24, 2.45) is 23.0 Å². The molecular formula is C14H29N. The quantitative estimate of drug-likeness (QED) is 0.751. The fourth-order valence-corrected chi connectivity index (χ4v) is 2.98. The molecule has 90 valence electrons. The van der Waals surface area contributed by atoms with Gasteiger partial charge in [0.1, 0.15) is 0 Å². The van der Waals surface area contributed by atoms with E-state index in [9.17, 15) is 0 Å². The Balaban J connectivity index is 2.36. The van der Waals surface area contributed by atoms with Gasteiger partial charge in [0.25, 0.3) is 0 Å². The van der Waals surface area contributed by atoms with Gasteiger partial charge in [-0.25, -0.2) is 0 Å². The second-order valence-electron chi connectivity index (χ2n) is 6.43. The highest BCUT2D eigenvalue weighted by Crippen LogP contribution is 2.40. The molecule has 1 aliphatic carbocycles. The van der Waals surface area contributed by atoms with Crippen molar-refractivity contribution in [2.75, 3.05) is 0 Å². The molecule has 0 radical (unpaired) electrons. The van der Waals surface area contributed by atoms with Crippen LogP contribution in [0.5, 0.6) is 0 Å². The highest BCUT2D eigenvalue weighted by molar-refractivity contribution is 4.84. The first kappa shape index (κ1) is 13.0. The van der Waals surface area contributed by atoms with Crippen LogP contribution in [0.15, 0.2) is 0 Å². The SMILES string of the molecule is CCC[C@H](N)C1CCC(C(C)(C)C)CC1. The largest absolute Gasteiger partial charge is 0.327 e. The Morgan fingerprint density at radius 3 is 2.07 bits per heavy atom. The molecule has 1 atom stereocenters. The van der Waals surface area contributed by atoms with Crippen molar-refractivity contribution >= 4 is 0 Å². The topological polar surface area (TPSA) is 26.0 Å². The van der Waals surface area contributed by atoms with Crippen molar-refractivity contribution in [3.8, 4) is 0 Å². The Morgan fingerprint density at radius 1 is 1.13 bits per heavy atom. The van der Waals surface area contributed by atoms with E-state index in [1.54, 1.807) is 0 Å². The minimum absolute atomic E-state index is 0.468. The van der Waals surface area contributed by atoms with Crippen LogP contribution in [0.2, 0.25) is 0 Å². The Bertz CT molecular complexity index is 172. The fourth-order valence-electron chi connectivity index (χ4n) is 2.98. The van der Waals surface area contributed by atoms with E-state index in [2.05, 4.69) is 27.7 Å². The highest BCUT2D eigenvalue weighted by Gasteiger charge is 2.31. The first-order valence-corrected chi connectivity index (χ1v) is 6.70. The number of nitrogens with two attached hydrogens (primary N) is 1. The van der Waals surface area contributed by atoms with E-state index >= 15 is 0 Å². The predicted molar refractivity (Wildman–Crippen MR) is 67.8 cm³/mol. The monoisotopic (exact) mass is 211 g/mol. The molecule has 0 spiro atoms. The molecule has 1 aliphatic rings. The lowest BCUT2D eigenvalue weighted by molar-refractivity contribution is 0.138. The average Bonchev–Trinajstić information content (AvgIpc) is 2.17. The van der Waals surface area contributed by atoms with Crippen molar-refractivity contribution < 1.29 is 0 Å². The summed E-state index contributed by atoms with van der Waals surface area (Å²) in [7, 11) is 0. The van der Waals surface area contributed by atoms with Crippen LogP contribution in [-0.2, 0) is 0 Å². The molecule has 0 heterocycles. The summed E-state index contributed by atoms with van der Waals surface area (Å²) in [5.74, 6) is 1.73. The molecule has 0 aromatic heterocycles. The second-order valence-corrected chi connectivity index (χ2v) is 6.43. The van der Waals surface area contributed by atoms with Crippen LogP contribution in [0.25, 0.3) is 0 Å². The zero-order valence-corrected chi connectivity index (χ0v) is 11.1. The van der Waals surface area contributed by atoms with Crippen molar-refractivity contribution in [2.45, 2.75) is 72.3 Å². The molecular weight excluding hydrogens is 182 g/mol. The molecule has 1 saturated carbocycles. The van der Waals surface area contributed by atoms with Gasteiger partial charge in [-0.2, -0.15) is 0 Å². The molecule has 0 saturated heterocycles. The van der Waals surface area contributed by atoms with Crippen LogP contribution < -0.4 is 5.73 Å². The molecule has 0 aromatic rings. The maximum absolute atomic E-state index is 6.21. The third-order valence-electron chi connectivity index (χ3n) is 4.22. The summed E-state index contributed by atoms with van der Waals surface area (Å²) in [6, 6.07) is 0.468. The first-order valence-electron chi connectivity index (χ1n) is 6.70. The van der Waals surface area contributed by atoms with E-state index < -0.39 is 0 Å². The van der Waals surface area contributed by atoms with Gasteiger partial charge in [-0.15, -0.1) is 0 Å². The fraction of sp³-hybridized carbons (Fsp3) is 1.00. The first-order chi connectivity index (χ1) is 6.95. The molecule has 0 amide bonds. The van der Waals surface area contributed by atoms with Gasteiger partial charge in [-0.3, -0.25) is 0 Å². The van der Waals surface area contributed by atoms with Gasteiger partial charge in [0, 0.05) is 6.04 Å². The van der Waals surface area contributed by atoms with E-state index in [-0.39, 0.29) is 0 Å². The molecule has 15 heavy (non-hydrogen) atoms. The lowest BCUT2D eigenvalue weighted by Gasteiger charge is -2.38. The van der Waals surface area contributed by atoms with E-state index in [0.717, 1.165) is 11.8 Å². The Kier molecular flexibility index (Phi) is 4.64. The Hall–Kier alpha value is -0.0400. The minimum Gasteiger partial charge on any atom is -0.327 e. The van der Waals surface area contributed by atoms with Crippen molar-refractivity contribution in [1.82, 2.24) is 0 Å². The maximum Gasteiger partial charge on any atom is 0.00670 e. The second kappa shape index (κ2) is 5.34. The Labute approximate surface area is 95.8 Å². The smallest absolute Gasteiger partial charge is 0.00670 e. The molecule has 1 heteroatoms. The molecule has 0 bridgehead atoms. The molecule has 0 aromatic carbocycles. The molecule has 0 unspecified atom stereocenters. The Morgan fingerprint density at radius 2 is 1.67 bits per heavy atom. The number of hydrogen-bond acceptors (Lipinski definition) is 1. The van der Waals surface area contributed by atoms with E-state index in [1.807, 2.05) is 0 Å². The average molecular weight is 211 g/mol. The summed E-state index contributed by atoms with van der Waals surface area (Å²) >= 11 is 0. The standard InChI is InChI=1S/C14H29N/c1-5-6-13(15)11-7-9-12(10-8-11)14(2,3)4/h11-13H,5-10,15H2,1-4H3/t11?,12?,13-/m0/s1. The summed E-state index contributed by atoms with van der Waals surface area (Å²) < 4.78 is 0. The van der Waals surface area contributed by atoms with Crippen LogP contribution in [-0.4, -0.2) is 6.04 Å². The predicted octanol–water partition coefficient (Wildman–Crippen LogP) is 3.97. The third-order valence-corrected chi connectivity index (χ3v) is 4.22.